The van der Waals surface area contributed by atoms with Gasteiger partial charge < -0.3 is 9.64 Å². The summed E-state index contributed by atoms with van der Waals surface area (Å²) in [6, 6.07) is 7.45. The number of carbonyl (C=O) groups is 1. The van der Waals surface area contributed by atoms with Crippen molar-refractivity contribution < 1.29 is 9.53 Å². The third kappa shape index (κ3) is 2.96. The van der Waals surface area contributed by atoms with Gasteiger partial charge in [0.05, 0.1) is 6.61 Å². The van der Waals surface area contributed by atoms with Crippen LogP contribution < -0.4 is 4.74 Å². The second-order valence-electron chi connectivity index (χ2n) is 4.40. The van der Waals surface area contributed by atoms with Crippen molar-refractivity contribution in [1.82, 2.24) is 4.90 Å². The van der Waals surface area contributed by atoms with Gasteiger partial charge >= 0.3 is 0 Å². The molecule has 0 aromatic heterocycles. The maximum atomic E-state index is 12.2. The first kappa shape index (κ1) is 13.2. The van der Waals surface area contributed by atoms with Crippen LogP contribution in [0.25, 0.3) is 0 Å². The molecule has 1 aromatic rings. The fourth-order valence-corrected chi connectivity index (χ4v) is 2.44. The van der Waals surface area contributed by atoms with Crippen LogP contribution in [0, 0.1) is 0 Å². The maximum absolute atomic E-state index is 12.2. The molecule has 1 unspecified atom stereocenters. The van der Waals surface area contributed by atoms with Crippen molar-refractivity contribution >= 4 is 17.5 Å². The molecule has 1 amide bonds. The number of hydrogen-bond donors (Lipinski definition) is 0. The molecule has 18 heavy (non-hydrogen) atoms. The Bertz CT molecular complexity index is 416. The molecule has 1 saturated heterocycles. The van der Waals surface area contributed by atoms with Crippen molar-refractivity contribution in [2.24, 2.45) is 0 Å². The molecule has 2 rings (SSSR count). The van der Waals surface area contributed by atoms with Crippen LogP contribution in [0.15, 0.2) is 24.3 Å². The van der Waals surface area contributed by atoms with Crippen LogP contribution in [0.3, 0.4) is 0 Å². The lowest BCUT2D eigenvalue weighted by molar-refractivity contribution is -0.129. The normalized spacial score (nSPS) is 16.7. The molecule has 98 valence electrons. The van der Waals surface area contributed by atoms with Gasteiger partial charge in [-0.3, -0.25) is 4.79 Å². The summed E-state index contributed by atoms with van der Waals surface area (Å²) in [5, 5.41) is -0.608. The van der Waals surface area contributed by atoms with Gasteiger partial charge in [0.15, 0.2) is 0 Å². The molecular weight excluding hydrogens is 250 g/mol. The maximum Gasteiger partial charge on any atom is 0.245 e. The highest BCUT2D eigenvalue weighted by atomic mass is 35.5. The summed E-state index contributed by atoms with van der Waals surface area (Å²) < 4.78 is 5.42. The van der Waals surface area contributed by atoms with Crippen LogP contribution >= 0.6 is 11.6 Å². The van der Waals surface area contributed by atoms with Crippen LogP contribution in [0.1, 0.15) is 30.7 Å². The molecule has 1 aromatic carbocycles. The predicted octanol–water partition coefficient (Wildman–Crippen LogP) is 2.99. The van der Waals surface area contributed by atoms with Crippen LogP contribution in [-0.2, 0) is 4.79 Å². The lowest BCUT2D eigenvalue weighted by atomic mass is 10.1. The number of benzene rings is 1. The number of alkyl halides is 1. The largest absolute Gasteiger partial charge is 0.494 e. The van der Waals surface area contributed by atoms with Crippen molar-refractivity contribution in [2.45, 2.75) is 25.1 Å². The molecule has 1 aliphatic heterocycles. The molecule has 1 aliphatic rings. The number of rotatable bonds is 4. The average molecular weight is 268 g/mol. The van der Waals surface area contributed by atoms with E-state index in [2.05, 4.69) is 0 Å². The average Bonchev–Trinajstić information content (AvgIpc) is 2.91. The van der Waals surface area contributed by atoms with E-state index in [1.165, 1.54) is 0 Å². The van der Waals surface area contributed by atoms with Crippen LogP contribution in [0.2, 0.25) is 0 Å². The third-order valence-corrected chi connectivity index (χ3v) is 3.53. The minimum absolute atomic E-state index is 0.00261. The van der Waals surface area contributed by atoms with Gasteiger partial charge in [-0.1, -0.05) is 12.1 Å². The number of carbonyl (C=O) groups excluding carboxylic acids is 1. The zero-order valence-electron chi connectivity index (χ0n) is 10.6. The Labute approximate surface area is 113 Å². The molecular formula is C14H18ClNO2. The highest BCUT2D eigenvalue weighted by molar-refractivity contribution is 6.30. The van der Waals surface area contributed by atoms with Gasteiger partial charge in [-0.05, 0) is 37.5 Å². The Balaban J connectivity index is 2.09. The second-order valence-corrected chi connectivity index (χ2v) is 4.84. The van der Waals surface area contributed by atoms with E-state index in [-0.39, 0.29) is 5.91 Å². The number of amides is 1. The number of ether oxygens (including phenoxy) is 1. The molecule has 0 bridgehead atoms. The highest BCUT2D eigenvalue weighted by Gasteiger charge is 2.26. The summed E-state index contributed by atoms with van der Waals surface area (Å²) in [6.45, 7) is 4.19. The van der Waals surface area contributed by atoms with Crippen molar-refractivity contribution in [3.05, 3.63) is 29.8 Å². The standard InChI is InChI=1S/C14H18ClNO2/c1-2-18-12-7-5-6-11(10-12)13(15)14(17)16-8-3-4-9-16/h5-7,10,13H,2-4,8-9H2,1H3. The van der Waals surface area contributed by atoms with E-state index >= 15 is 0 Å². The van der Waals surface area contributed by atoms with Gasteiger partial charge in [-0.25, -0.2) is 0 Å². The van der Waals surface area contributed by atoms with Gasteiger partial charge in [0.25, 0.3) is 0 Å². The van der Waals surface area contributed by atoms with E-state index in [4.69, 9.17) is 16.3 Å². The fourth-order valence-electron chi connectivity index (χ4n) is 2.17. The molecule has 0 saturated carbocycles. The number of hydrogen-bond acceptors (Lipinski definition) is 2. The molecule has 0 aliphatic carbocycles. The summed E-state index contributed by atoms with van der Waals surface area (Å²) in [6.07, 6.45) is 2.16. The summed E-state index contributed by atoms with van der Waals surface area (Å²) >= 11 is 6.26. The first-order chi connectivity index (χ1) is 8.72. The fraction of sp³-hybridized carbons (Fsp3) is 0.500. The topological polar surface area (TPSA) is 29.5 Å². The van der Waals surface area contributed by atoms with Crippen LogP contribution in [0.4, 0.5) is 0 Å². The van der Waals surface area contributed by atoms with Crippen molar-refractivity contribution in [2.75, 3.05) is 19.7 Å². The lowest BCUT2D eigenvalue weighted by Gasteiger charge is -2.19. The summed E-state index contributed by atoms with van der Waals surface area (Å²) in [4.78, 5) is 14.0. The lowest BCUT2D eigenvalue weighted by Crippen LogP contribution is -2.30. The molecule has 1 atom stereocenters. The second kappa shape index (κ2) is 6.10. The van der Waals surface area contributed by atoms with E-state index in [1.807, 2.05) is 36.1 Å². The number of nitrogens with zero attached hydrogens (tertiary/aromatic N) is 1. The SMILES string of the molecule is CCOc1cccc(C(Cl)C(=O)N2CCCC2)c1. The minimum atomic E-state index is -0.608. The van der Waals surface area contributed by atoms with Crippen molar-refractivity contribution in [1.29, 1.82) is 0 Å². The number of likely N-dealkylation sites (tertiary alicyclic amines) is 1. The first-order valence-corrected chi connectivity index (χ1v) is 6.81. The van der Waals surface area contributed by atoms with E-state index in [0.29, 0.717) is 6.61 Å². The summed E-state index contributed by atoms with van der Waals surface area (Å²) in [5.41, 5.74) is 0.805. The van der Waals surface area contributed by atoms with Gasteiger partial charge in [0.2, 0.25) is 5.91 Å². The molecule has 0 N–H and O–H groups in total. The smallest absolute Gasteiger partial charge is 0.245 e. The molecule has 1 fully saturated rings. The van der Waals surface area contributed by atoms with Crippen molar-refractivity contribution in [3.8, 4) is 5.75 Å². The van der Waals surface area contributed by atoms with E-state index in [1.54, 1.807) is 0 Å². The number of halogens is 1. The minimum Gasteiger partial charge on any atom is -0.494 e. The van der Waals surface area contributed by atoms with Crippen LogP contribution in [-0.4, -0.2) is 30.5 Å². The van der Waals surface area contributed by atoms with E-state index in [9.17, 15) is 4.79 Å². The monoisotopic (exact) mass is 267 g/mol. The zero-order valence-corrected chi connectivity index (χ0v) is 11.3. The Morgan fingerprint density at radius 2 is 2.17 bits per heavy atom. The Morgan fingerprint density at radius 1 is 1.44 bits per heavy atom. The first-order valence-electron chi connectivity index (χ1n) is 6.38. The molecule has 1 heterocycles. The Hall–Kier alpha value is -1.22. The third-order valence-electron chi connectivity index (χ3n) is 3.10. The van der Waals surface area contributed by atoms with Crippen LogP contribution in [0.5, 0.6) is 5.75 Å². The molecule has 4 heteroatoms. The van der Waals surface area contributed by atoms with Gasteiger partial charge in [0, 0.05) is 13.1 Å². The molecule has 3 nitrogen and oxygen atoms in total. The zero-order chi connectivity index (χ0) is 13.0. The predicted molar refractivity (Wildman–Crippen MR) is 72.0 cm³/mol. The van der Waals surface area contributed by atoms with E-state index in [0.717, 1.165) is 37.2 Å². The quantitative estimate of drug-likeness (QED) is 0.785. The summed E-state index contributed by atoms with van der Waals surface area (Å²) in [7, 11) is 0. The Kier molecular flexibility index (Phi) is 4.48. The van der Waals surface area contributed by atoms with Gasteiger partial charge in [-0.2, -0.15) is 0 Å². The highest BCUT2D eigenvalue weighted by Crippen LogP contribution is 2.27. The molecule has 0 spiro atoms. The van der Waals surface area contributed by atoms with Gasteiger partial charge in [0.1, 0.15) is 11.1 Å². The summed E-state index contributed by atoms with van der Waals surface area (Å²) in [5.74, 6) is 0.762. The molecule has 0 radical (unpaired) electrons. The van der Waals surface area contributed by atoms with E-state index < -0.39 is 5.38 Å². The van der Waals surface area contributed by atoms with Gasteiger partial charge in [-0.15, -0.1) is 11.6 Å². The Morgan fingerprint density at radius 3 is 2.83 bits per heavy atom. The van der Waals surface area contributed by atoms with Crippen molar-refractivity contribution in [3.63, 3.8) is 0 Å².